The molecular formula is C14H18F3NO2. The summed E-state index contributed by atoms with van der Waals surface area (Å²) in [6.45, 7) is 3.21. The topological polar surface area (TPSA) is 38.3 Å². The summed E-state index contributed by atoms with van der Waals surface area (Å²) < 4.78 is 43.5. The zero-order valence-electron chi connectivity index (χ0n) is 11.6. The molecular weight excluding hydrogens is 271 g/mol. The molecule has 1 aromatic carbocycles. The second-order valence-electron chi connectivity index (χ2n) is 4.66. The fourth-order valence-corrected chi connectivity index (χ4v) is 1.97. The fraction of sp³-hybridized carbons (Fsp3) is 0.500. The molecule has 1 rings (SSSR count). The molecule has 0 aromatic heterocycles. The normalized spacial score (nSPS) is 14.7. The van der Waals surface area contributed by atoms with Crippen molar-refractivity contribution < 1.29 is 22.7 Å². The highest BCUT2D eigenvalue weighted by Gasteiger charge is 2.35. The summed E-state index contributed by atoms with van der Waals surface area (Å²) >= 11 is 0. The molecule has 0 saturated heterocycles. The molecule has 0 radical (unpaired) electrons. The Balaban J connectivity index is 2.92. The summed E-state index contributed by atoms with van der Waals surface area (Å²) in [5.74, 6) is -0.815. The van der Waals surface area contributed by atoms with Crippen molar-refractivity contribution in [1.82, 2.24) is 5.32 Å². The fourth-order valence-electron chi connectivity index (χ4n) is 1.97. The summed E-state index contributed by atoms with van der Waals surface area (Å²) in [6.07, 6.45) is -4.40. The number of halogens is 3. The lowest BCUT2D eigenvalue weighted by Crippen LogP contribution is -2.38. The minimum absolute atomic E-state index is 0.113. The molecule has 3 nitrogen and oxygen atoms in total. The van der Waals surface area contributed by atoms with Gasteiger partial charge in [0.15, 0.2) is 0 Å². The number of hydrogen-bond donors (Lipinski definition) is 1. The Morgan fingerprint density at radius 1 is 1.30 bits per heavy atom. The van der Waals surface area contributed by atoms with Crippen LogP contribution in [0.3, 0.4) is 0 Å². The van der Waals surface area contributed by atoms with Gasteiger partial charge in [0.05, 0.1) is 5.56 Å². The van der Waals surface area contributed by atoms with Gasteiger partial charge in [-0.1, -0.05) is 25.1 Å². The third-order valence-corrected chi connectivity index (χ3v) is 3.17. The van der Waals surface area contributed by atoms with Gasteiger partial charge in [0.2, 0.25) is 5.91 Å². The van der Waals surface area contributed by atoms with Crippen molar-refractivity contribution in [3.63, 3.8) is 0 Å². The minimum Gasteiger partial charge on any atom is -0.375 e. The molecule has 0 heterocycles. The number of nitrogens with one attached hydrogen (secondary N) is 1. The van der Waals surface area contributed by atoms with E-state index in [2.05, 4.69) is 10.1 Å². The molecule has 0 saturated carbocycles. The number of alkyl halides is 3. The molecule has 0 spiro atoms. The monoisotopic (exact) mass is 289 g/mol. The first-order chi connectivity index (χ1) is 9.27. The molecule has 0 aliphatic carbocycles. The maximum Gasteiger partial charge on any atom is 0.416 e. The van der Waals surface area contributed by atoms with Crippen molar-refractivity contribution in [3.05, 3.63) is 35.4 Å². The predicted octanol–water partition coefficient (Wildman–Crippen LogP) is 2.96. The van der Waals surface area contributed by atoms with Crippen molar-refractivity contribution in [1.29, 1.82) is 0 Å². The Labute approximate surface area is 116 Å². The number of ether oxygens (including phenoxy) is 1. The van der Waals surface area contributed by atoms with Crippen LogP contribution < -0.4 is 5.32 Å². The minimum atomic E-state index is -4.40. The Kier molecular flexibility index (Phi) is 5.56. The van der Waals surface area contributed by atoms with E-state index in [-0.39, 0.29) is 18.1 Å². The van der Waals surface area contributed by atoms with E-state index in [0.29, 0.717) is 0 Å². The van der Waals surface area contributed by atoms with E-state index in [0.717, 1.165) is 6.07 Å². The molecule has 0 bridgehead atoms. The second kappa shape index (κ2) is 6.74. The smallest absolute Gasteiger partial charge is 0.375 e. The lowest BCUT2D eigenvalue weighted by atomic mass is 9.90. The number of benzene rings is 1. The molecule has 1 N–H and O–H groups in total. The maximum absolute atomic E-state index is 12.9. The van der Waals surface area contributed by atoms with Crippen LogP contribution in [0.5, 0.6) is 0 Å². The number of hydrogen-bond acceptors (Lipinski definition) is 2. The van der Waals surface area contributed by atoms with Crippen LogP contribution in [-0.2, 0) is 15.7 Å². The lowest BCUT2D eigenvalue weighted by molar-refractivity contribution is -0.138. The SMILES string of the molecule is COCC(=O)N[C@@H](C)[C@H](C)c1ccccc1C(F)(F)F. The van der Waals surface area contributed by atoms with Crippen LogP contribution in [0, 0.1) is 0 Å². The number of amides is 1. The third-order valence-electron chi connectivity index (χ3n) is 3.17. The molecule has 1 aromatic rings. The van der Waals surface area contributed by atoms with Crippen LogP contribution >= 0.6 is 0 Å². The summed E-state index contributed by atoms with van der Waals surface area (Å²) in [4.78, 5) is 11.4. The predicted molar refractivity (Wildman–Crippen MR) is 69.3 cm³/mol. The zero-order valence-corrected chi connectivity index (χ0v) is 11.6. The van der Waals surface area contributed by atoms with Crippen LogP contribution in [0.2, 0.25) is 0 Å². The molecule has 112 valence electrons. The van der Waals surface area contributed by atoms with Gasteiger partial charge >= 0.3 is 6.18 Å². The van der Waals surface area contributed by atoms with Crippen LogP contribution in [0.1, 0.15) is 30.9 Å². The Bertz CT molecular complexity index is 460. The van der Waals surface area contributed by atoms with Gasteiger partial charge in [0.1, 0.15) is 6.61 Å². The molecule has 0 fully saturated rings. The quantitative estimate of drug-likeness (QED) is 0.905. The molecule has 0 aliphatic heterocycles. The molecule has 0 unspecified atom stereocenters. The average Bonchev–Trinajstić information content (AvgIpc) is 2.37. The first kappa shape index (κ1) is 16.5. The highest BCUT2D eigenvalue weighted by molar-refractivity contribution is 5.77. The average molecular weight is 289 g/mol. The van der Waals surface area contributed by atoms with Crippen LogP contribution in [0.25, 0.3) is 0 Å². The van der Waals surface area contributed by atoms with Gasteiger partial charge in [-0.15, -0.1) is 0 Å². The van der Waals surface area contributed by atoms with Crippen LogP contribution in [-0.4, -0.2) is 25.7 Å². The third kappa shape index (κ3) is 4.23. The first-order valence-electron chi connectivity index (χ1n) is 6.21. The highest BCUT2D eigenvalue weighted by Crippen LogP contribution is 2.35. The van der Waals surface area contributed by atoms with Crippen molar-refractivity contribution in [2.45, 2.75) is 32.0 Å². The van der Waals surface area contributed by atoms with E-state index < -0.39 is 23.7 Å². The Hall–Kier alpha value is -1.56. The van der Waals surface area contributed by atoms with Crippen molar-refractivity contribution in [2.24, 2.45) is 0 Å². The van der Waals surface area contributed by atoms with Crippen molar-refractivity contribution >= 4 is 5.91 Å². The second-order valence-corrected chi connectivity index (χ2v) is 4.66. The van der Waals surface area contributed by atoms with Crippen molar-refractivity contribution in [2.75, 3.05) is 13.7 Å². The largest absolute Gasteiger partial charge is 0.416 e. The number of methoxy groups -OCH3 is 1. The van der Waals surface area contributed by atoms with E-state index in [1.54, 1.807) is 19.9 Å². The standard InChI is InChI=1S/C14H18F3NO2/c1-9(10(2)18-13(19)8-20-3)11-6-4-5-7-12(11)14(15,16)17/h4-7,9-10H,8H2,1-3H3,(H,18,19)/t9-,10-/m0/s1. The Morgan fingerprint density at radius 2 is 1.90 bits per heavy atom. The summed E-state index contributed by atoms with van der Waals surface area (Å²) in [5.41, 5.74) is -0.495. The van der Waals surface area contributed by atoms with Gasteiger partial charge in [-0.2, -0.15) is 13.2 Å². The van der Waals surface area contributed by atoms with Gasteiger partial charge in [-0.3, -0.25) is 4.79 Å². The number of rotatable bonds is 5. The van der Waals surface area contributed by atoms with Gasteiger partial charge in [-0.05, 0) is 18.6 Å². The van der Waals surface area contributed by atoms with Crippen LogP contribution in [0.15, 0.2) is 24.3 Å². The summed E-state index contributed by atoms with van der Waals surface area (Å²) in [5, 5.41) is 2.63. The number of carbonyl (C=O) groups excluding carboxylic acids is 1. The van der Waals surface area contributed by atoms with Gasteiger partial charge in [0, 0.05) is 19.1 Å². The van der Waals surface area contributed by atoms with Gasteiger partial charge in [-0.25, -0.2) is 0 Å². The molecule has 20 heavy (non-hydrogen) atoms. The van der Waals surface area contributed by atoms with Crippen LogP contribution in [0.4, 0.5) is 13.2 Å². The van der Waals surface area contributed by atoms with E-state index in [1.165, 1.54) is 19.2 Å². The first-order valence-corrected chi connectivity index (χ1v) is 6.21. The Morgan fingerprint density at radius 3 is 2.45 bits per heavy atom. The van der Waals surface area contributed by atoms with E-state index >= 15 is 0 Å². The molecule has 2 atom stereocenters. The van der Waals surface area contributed by atoms with Gasteiger partial charge < -0.3 is 10.1 Å². The van der Waals surface area contributed by atoms with E-state index in [1.807, 2.05) is 0 Å². The van der Waals surface area contributed by atoms with E-state index in [9.17, 15) is 18.0 Å². The maximum atomic E-state index is 12.9. The number of carbonyl (C=O) groups is 1. The van der Waals surface area contributed by atoms with Gasteiger partial charge in [0.25, 0.3) is 0 Å². The lowest BCUT2D eigenvalue weighted by Gasteiger charge is -2.24. The zero-order chi connectivity index (χ0) is 15.3. The van der Waals surface area contributed by atoms with E-state index in [4.69, 9.17) is 0 Å². The molecule has 1 amide bonds. The summed E-state index contributed by atoms with van der Waals surface area (Å²) in [7, 11) is 1.38. The molecule has 6 heteroatoms. The highest BCUT2D eigenvalue weighted by atomic mass is 19.4. The molecule has 0 aliphatic rings. The van der Waals surface area contributed by atoms with Crippen molar-refractivity contribution in [3.8, 4) is 0 Å². The summed E-state index contributed by atoms with van der Waals surface area (Å²) in [6, 6.07) is 4.97.